The van der Waals surface area contributed by atoms with E-state index in [1.807, 2.05) is 26.8 Å². The van der Waals surface area contributed by atoms with Gasteiger partial charge in [0.2, 0.25) is 0 Å². The van der Waals surface area contributed by atoms with Crippen molar-refractivity contribution in [2.24, 2.45) is 0 Å². The van der Waals surface area contributed by atoms with Gasteiger partial charge in [-0.05, 0) is 56.9 Å². The topological polar surface area (TPSA) is 38.3 Å². The molecule has 1 aliphatic rings. The number of carbonyl (C=O) groups is 1. The van der Waals surface area contributed by atoms with Gasteiger partial charge in [-0.15, -0.1) is 0 Å². The Labute approximate surface area is 123 Å². The number of nitrogens with one attached hydrogen (secondary N) is 1. The summed E-state index contributed by atoms with van der Waals surface area (Å²) in [5.41, 5.74) is 1.67. The van der Waals surface area contributed by atoms with E-state index >= 15 is 0 Å². The third kappa shape index (κ3) is 3.77. The lowest BCUT2D eigenvalue weighted by Crippen LogP contribution is -2.39. The van der Waals surface area contributed by atoms with Crippen LogP contribution in [0.1, 0.15) is 31.9 Å². The lowest BCUT2D eigenvalue weighted by molar-refractivity contribution is 0.0506. The zero-order chi connectivity index (χ0) is 14.2. The molecule has 0 bridgehead atoms. The summed E-state index contributed by atoms with van der Waals surface area (Å²) in [6.07, 6.45) is 1.05. The zero-order valence-electron chi connectivity index (χ0n) is 11.2. The number of fused-ring (bicyclic) bond motifs is 1. The zero-order valence-corrected chi connectivity index (χ0v) is 12.7. The second-order valence-corrected chi connectivity index (χ2v) is 6.62. The average molecular weight is 302 g/mol. The lowest BCUT2D eigenvalue weighted by Gasteiger charge is -2.21. The summed E-state index contributed by atoms with van der Waals surface area (Å²) < 4.78 is 5.24. The van der Waals surface area contributed by atoms with E-state index in [4.69, 9.17) is 27.9 Å². The molecule has 2 rings (SSSR count). The fourth-order valence-corrected chi connectivity index (χ4v) is 2.84. The van der Waals surface area contributed by atoms with E-state index in [0.29, 0.717) is 16.5 Å². The molecule has 1 amide bonds. The first kappa shape index (κ1) is 14.5. The molecular weight excluding hydrogens is 285 g/mol. The number of alkyl carbamates (subject to hydrolysis) is 1. The van der Waals surface area contributed by atoms with Crippen LogP contribution in [0.4, 0.5) is 4.79 Å². The minimum Gasteiger partial charge on any atom is -0.444 e. The Kier molecular flexibility index (Phi) is 3.98. The Morgan fingerprint density at radius 3 is 2.63 bits per heavy atom. The van der Waals surface area contributed by atoms with E-state index in [2.05, 4.69) is 5.32 Å². The van der Waals surface area contributed by atoms with Gasteiger partial charge < -0.3 is 10.1 Å². The second-order valence-electron chi connectivity index (χ2n) is 5.78. The van der Waals surface area contributed by atoms with Crippen molar-refractivity contribution in [1.29, 1.82) is 0 Å². The molecule has 5 heteroatoms. The minimum absolute atomic E-state index is 0.0146. The molecule has 104 valence electrons. The number of hydrogen-bond donors (Lipinski definition) is 1. The molecule has 0 spiro atoms. The summed E-state index contributed by atoms with van der Waals surface area (Å²) in [7, 11) is 0. The smallest absolute Gasteiger partial charge is 0.407 e. The fourth-order valence-electron chi connectivity index (χ4n) is 2.23. The summed E-state index contributed by atoms with van der Waals surface area (Å²) in [6.45, 7) is 5.52. The third-order valence-corrected chi connectivity index (χ3v) is 3.45. The van der Waals surface area contributed by atoms with Gasteiger partial charge >= 0.3 is 6.09 Å². The van der Waals surface area contributed by atoms with E-state index in [9.17, 15) is 4.79 Å². The summed E-state index contributed by atoms with van der Waals surface area (Å²) in [4.78, 5) is 11.7. The highest BCUT2D eigenvalue weighted by Crippen LogP contribution is 2.32. The Hall–Kier alpha value is -0.930. The van der Waals surface area contributed by atoms with E-state index in [-0.39, 0.29) is 6.04 Å². The van der Waals surface area contributed by atoms with E-state index in [0.717, 1.165) is 17.5 Å². The quantitative estimate of drug-likeness (QED) is 0.852. The maximum Gasteiger partial charge on any atom is 0.407 e. The molecule has 0 saturated carbocycles. The minimum atomic E-state index is -0.490. The molecule has 19 heavy (non-hydrogen) atoms. The summed E-state index contributed by atoms with van der Waals surface area (Å²) in [5, 5.41) is 4.16. The Morgan fingerprint density at radius 1 is 1.32 bits per heavy atom. The third-order valence-electron chi connectivity index (χ3n) is 2.89. The monoisotopic (exact) mass is 301 g/mol. The van der Waals surface area contributed by atoms with Crippen LogP contribution < -0.4 is 5.32 Å². The maximum absolute atomic E-state index is 11.7. The van der Waals surface area contributed by atoms with Gasteiger partial charge in [-0.25, -0.2) is 4.79 Å². The summed E-state index contributed by atoms with van der Waals surface area (Å²) in [6, 6.07) is 3.65. The van der Waals surface area contributed by atoms with Crippen LogP contribution in [0.2, 0.25) is 10.0 Å². The van der Waals surface area contributed by atoms with Gasteiger partial charge in [0.25, 0.3) is 0 Å². The van der Waals surface area contributed by atoms with Gasteiger partial charge in [0.05, 0.1) is 0 Å². The van der Waals surface area contributed by atoms with Crippen molar-refractivity contribution in [2.75, 3.05) is 0 Å². The molecule has 1 aromatic carbocycles. The molecule has 0 aliphatic heterocycles. The average Bonchev–Trinajstić information content (AvgIpc) is 2.56. The molecule has 0 radical (unpaired) electrons. The Balaban J connectivity index is 2.01. The van der Waals surface area contributed by atoms with Crippen molar-refractivity contribution >= 4 is 29.3 Å². The SMILES string of the molecule is CC(C)(C)OC(=O)NC1Cc2cc(Cl)cc(Cl)c2C1. The van der Waals surface area contributed by atoms with Gasteiger partial charge in [-0.2, -0.15) is 0 Å². The van der Waals surface area contributed by atoms with Gasteiger partial charge in [0, 0.05) is 16.1 Å². The van der Waals surface area contributed by atoms with Crippen LogP contribution in [-0.4, -0.2) is 17.7 Å². The predicted octanol–water partition coefficient (Wildman–Crippen LogP) is 3.99. The van der Waals surface area contributed by atoms with Crippen LogP contribution in [0.25, 0.3) is 0 Å². The molecule has 0 saturated heterocycles. The standard InChI is InChI=1S/C14H17Cl2NO2/c1-14(2,3)19-13(18)17-10-5-8-4-9(15)6-12(16)11(8)7-10/h4,6,10H,5,7H2,1-3H3,(H,17,18). The molecule has 0 aromatic heterocycles. The fraction of sp³-hybridized carbons (Fsp3) is 0.500. The molecule has 0 heterocycles. The van der Waals surface area contributed by atoms with Gasteiger partial charge in [-0.1, -0.05) is 23.2 Å². The number of halogens is 2. The maximum atomic E-state index is 11.7. The number of ether oxygens (including phenoxy) is 1. The molecule has 1 aromatic rings. The highest BCUT2D eigenvalue weighted by molar-refractivity contribution is 6.35. The normalized spacial score (nSPS) is 18.1. The number of hydrogen-bond acceptors (Lipinski definition) is 2. The van der Waals surface area contributed by atoms with Gasteiger partial charge in [0.15, 0.2) is 0 Å². The molecule has 0 fully saturated rings. The number of rotatable bonds is 1. The Morgan fingerprint density at radius 2 is 2.00 bits per heavy atom. The molecular formula is C14H17Cl2NO2. The summed E-state index contributed by atoms with van der Waals surface area (Å²) >= 11 is 12.1. The first-order chi connectivity index (χ1) is 8.74. The highest BCUT2D eigenvalue weighted by Gasteiger charge is 2.27. The Bertz CT molecular complexity index is 509. The van der Waals surface area contributed by atoms with E-state index in [1.54, 1.807) is 6.07 Å². The van der Waals surface area contributed by atoms with Crippen LogP contribution >= 0.6 is 23.2 Å². The van der Waals surface area contributed by atoms with E-state index in [1.165, 1.54) is 0 Å². The first-order valence-corrected chi connectivity index (χ1v) is 6.96. The van der Waals surface area contributed by atoms with Crippen LogP contribution in [0, 0.1) is 0 Å². The molecule has 1 N–H and O–H groups in total. The molecule has 1 unspecified atom stereocenters. The lowest BCUT2D eigenvalue weighted by atomic mass is 10.1. The molecule has 1 atom stereocenters. The second kappa shape index (κ2) is 5.22. The van der Waals surface area contributed by atoms with Crippen molar-refractivity contribution in [2.45, 2.75) is 45.3 Å². The van der Waals surface area contributed by atoms with E-state index < -0.39 is 11.7 Å². The first-order valence-electron chi connectivity index (χ1n) is 6.21. The molecule has 1 aliphatic carbocycles. The van der Waals surface area contributed by atoms with Gasteiger partial charge in [0.1, 0.15) is 5.60 Å². The van der Waals surface area contributed by atoms with Crippen LogP contribution in [0.15, 0.2) is 12.1 Å². The van der Waals surface area contributed by atoms with Crippen LogP contribution in [0.5, 0.6) is 0 Å². The van der Waals surface area contributed by atoms with Crippen LogP contribution in [0.3, 0.4) is 0 Å². The predicted molar refractivity (Wildman–Crippen MR) is 77.0 cm³/mol. The number of carbonyl (C=O) groups excluding carboxylic acids is 1. The highest BCUT2D eigenvalue weighted by atomic mass is 35.5. The summed E-state index contributed by atoms with van der Waals surface area (Å²) in [5.74, 6) is 0. The number of amides is 1. The number of benzene rings is 1. The molecule has 3 nitrogen and oxygen atoms in total. The van der Waals surface area contributed by atoms with Crippen molar-refractivity contribution in [3.8, 4) is 0 Å². The van der Waals surface area contributed by atoms with Crippen molar-refractivity contribution in [1.82, 2.24) is 5.32 Å². The van der Waals surface area contributed by atoms with Crippen molar-refractivity contribution in [3.05, 3.63) is 33.3 Å². The van der Waals surface area contributed by atoms with Crippen molar-refractivity contribution < 1.29 is 9.53 Å². The van der Waals surface area contributed by atoms with Crippen LogP contribution in [-0.2, 0) is 17.6 Å². The van der Waals surface area contributed by atoms with Gasteiger partial charge in [-0.3, -0.25) is 0 Å². The van der Waals surface area contributed by atoms with Crippen molar-refractivity contribution in [3.63, 3.8) is 0 Å². The largest absolute Gasteiger partial charge is 0.444 e.